The Labute approximate surface area is 171 Å². The van der Waals surface area contributed by atoms with Gasteiger partial charge in [0, 0.05) is 43.6 Å². The number of nitrogens with zero attached hydrogens (tertiary/aromatic N) is 1. The number of aromatic nitrogens is 1. The molecule has 1 amide bonds. The number of nitrogens with one attached hydrogen (secondary N) is 2. The van der Waals surface area contributed by atoms with Crippen molar-refractivity contribution in [2.24, 2.45) is 0 Å². The van der Waals surface area contributed by atoms with Crippen molar-refractivity contribution in [3.63, 3.8) is 0 Å². The third-order valence-electron chi connectivity index (χ3n) is 6.44. The number of hydrogen-bond acceptors (Lipinski definition) is 4. The summed E-state index contributed by atoms with van der Waals surface area (Å²) in [6.07, 6.45) is 7.14. The molecule has 6 nitrogen and oxygen atoms in total. The van der Waals surface area contributed by atoms with Crippen LogP contribution in [0.1, 0.15) is 56.2 Å². The summed E-state index contributed by atoms with van der Waals surface area (Å²) < 4.78 is 0. The molecule has 1 fully saturated rings. The molecule has 0 radical (unpaired) electrons. The first-order valence-electron chi connectivity index (χ1n) is 10.9. The third kappa shape index (κ3) is 4.54. The van der Waals surface area contributed by atoms with Crippen LogP contribution in [0.25, 0.3) is 10.8 Å². The highest BCUT2D eigenvalue weighted by atomic mass is 16.3. The topological polar surface area (TPSA) is 85.4 Å². The number of hydrogen-bond donors (Lipinski definition) is 3. The molecular formula is C23H31N3O3. The largest absolute Gasteiger partial charge is 0.389 e. The van der Waals surface area contributed by atoms with Crippen LogP contribution in [0.2, 0.25) is 0 Å². The summed E-state index contributed by atoms with van der Waals surface area (Å²) in [5.74, 6) is 0.157. The molecule has 0 spiro atoms. The molecule has 0 unspecified atom stereocenters. The average Bonchev–Trinajstić information content (AvgIpc) is 2.74. The lowest BCUT2D eigenvalue weighted by Gasteiger charge is -2.32. The van der Waals surface area contributed by atoms with Crippen LogP contribution in [0.3, 0.4) is 0 Å². The van der Waals surface area contributed by atoms with Crippen LogP contribution in [-0.4, -0.2) is 46.1 Å². The van der Waals surface area contributed by atoms with Gasteiger partial charge >= 0.3 is 0 Å². The van der Waals surface area contributed by atoms with E-state index in [1.54, 1.807) is 0 Å². The van der Waals surface area contributed by atoms with Crippen molar-refractivity contribution in [1.29, 1.82) is 0 Å². The van der Waals surface area contributed by atoms with Crippen LogP contribution in [0.5, 0.6) is 0 Å². The molecule has 1 aromatic carbocycles. The van der Waals surface area contributed by atoms with Crippen LogP contribution >= 0.6 is 0 Å². The van der Waals surface area contributed by atoms with Crippen LogP contribution in [0.4, 0.5) is 0 Å². The standard InChI is InChI=1S/C23H31N3O3/c27-21(9-6-13-24-16-23(29)11-4-1-5-12-23)26-14-10-20-19(15-26)17-7-2-3-8-18(17)22(28)25-20/h2-3,7-8,24,29H,1,4-6,9-16H2,(H,25,28). The molecule has 2 heterocycles. The van der Waals surface area contributed by atoms with Crippen molar-refractivity contribution in [1.82, 2.24) is 15.2 Å². The van der Waals surface area contributed by atoms with Gasteiger partial charge in [-0.2, -0.15) is 0 Å². The van der Waals surface area contributed by atoms with Gasteiger partial charge in [-0.05, 0) is 42.8 Å². The average molecular weight is 398 g/mol. The predicted molar refractivity (Wildman–Crippen MR) is 114 cm³/mol. The third-order valence-corrected chi connectivity index (χ3v) is 6.44. The molecule has 6 heteroatoms. The van der Waals surface area contributed by atoms with E-state index in [9.17, 15) is 14.7 Å². The Hall–Kier alpha value is -2.18. The minimum atomic E-state index is -0.559. The fourth-order valence-electron chi connectivity index (χ4n) is 4.74. The van der Waals surface area contributed by atoms with Crippen molar-refractivity contribution in [3.8, 4) is 0 Å². The summed E-state index contributed by atoms with van der Waals surface area (Å²) in [7, 11) is 0. The van der Waals surface area contributed by atoms with Gasteiger partial charge in [0.1, 0.15) is 0 Å². The van der Waals surface area contributed by atoms with Gasteiger partial charge in [-0.1, -0.05) is 37.5 Å². The summed E-state index contributed by atoms with van der Waals surface area (Å²) in [6, 6.07) is 7.61. The lowest BCUT2D eigenvalue weighted by Crippen LogP contribution is -2.42. The number of aromatic amines is 1. The van der Waals surface area contributed by atoms with E-state index in [2.05, 4.69) is 10.3 Å². The molecule has 4 rings (SSSR count). The number of aliphatic hydroxyl groups is 1. The number of carbonyl (C=O) groups is 1. The van der Waals surface area contributed by atoms with E-state index in [1.165, 1.54) is 6.42 Å². The van der Waals surface area contributed by atoms with E-state index in [4.69, 9.17) is 0 Å². The van der Waals surface area contributed by atoms with Crippen LogP contribution in [-0.2, 0) is 17.8 Å². The number of pyridine rings is 1. The Morgan fingerprint density at radius 3 is 2.72 bits per heavy atom. The highest BCUT2D eigenvalue weighted by Crippen LogP contribution is 2.27. The highest BCUT2D eigenvalue weighted by Gasteiger charge is 2.28. The number of amides is 1. The van der Waals surface area contributed by atoms with Gasteiger partial charge in [0.2, 0.25) is 5.91 Å². The zero-order chi connectivity index (χ0) is 20.3. The van der Waals surface area contributed by atoms with Gasteiger partial charge in [-0.15, -0.1) is 0 Å². The lowest BCUT2D eigenvalue weighted by molar-refractivity contribution is -0.132. The number of fused-ring (bicyclic) bond motifs is 3. The zero-order valence-corrected chi connectivity index (χ0v) is 17.0. The van der Waals surface area contributed by atoms with Gasteiger partial charge in [-0.3, -0.25) is 9.59 Å². The molecule has 1 aliphatic heterocycles. The molecule has 2 aliphatic rings. The quantitative estimate of drug-likeness (QED) is 0.654. The molecule has 0 saturated heterocycles. The van der Waals surface area contributed by atoms with Crippen LogP contribution in [0, 0.1) is 0 Å². The maximum Gasteiger partial charge on any atom is 0.256 e. The van der Waals surface area contributed by atoms with Gasteiger partial charge in [0.05, 0.1) is 5.60 Å². The summed E-state index contributed by atoms with van der Waals surface area (Å²) in [6.45, 7) is 2.57. The summed E-state index contributed by atoms with van der Waals surface area (Å²) in [5.41, 5.74) is 1.42. The van der Waals surface area contributed by atoms with E-state index in [0.717, 1.165) is 55.3 Å². The monoisotopic (exact) mass is 397 g/mol. The highest BCUT2D eigenvalue weighted by molar-refractivity contribution is 5.86. The smallest absolute Gasteiger partial charge is 0.256 e. The first-order chi connectivity index (χ1) is 14.1. The van der Waals surface area contributed by atoms with Gasteiger partial charge in [-0.25, -0.2) is 0 Å². The number of rotatable bonds is 6. The molecule has 1 aromatic heterocycles. The van der Waals surface area contributed by atoms with E-state index in [0.29, 0.717) is 37.9 Å². The summed E-state index contributed by atoms with van der Waals surface area (Å²) >= 11 is 0. The maximum atomic E-state index is 12.7. The number of H-pyrrole nitrogens is 1. The minimum Gasteiger partial charge on any atom is -0.389 e. The van der Waals surface area contributed by atoms with Crippen LogP contribution < -0.4 is 10.9 Å². The van der Waals surface area contributed by atoms with Gasteiger partial charge in [0.15, 0.2) is 0 Å². The van der Waals surface area contributed by atoms with Crippen molar-refractivity contribution in [2.45, 2.75) is 63.5 Å². The molecule has 29 heavy (non-hydrogen) atoms. The molecule has 3 N–H and O–H groups in total. The van der Waals surface area contributed by atoms with E-state index >= 15 is 0 Å². The molecule has 2 aromatic rings. The van der Waals surface area contributed by atoms with Crippen LogP contribution in [0.15, 0.2) is 29.1 Å². The van der Waals surface area contributed by atoms with Gasteiger partial charge in [0.25, 0.3) is 5.56 Å². The fourth-order valence-corrected chi connectivity index (χ4v) is 4.74. The Kier molecular flexibility index (Phi) is 6.01. The molecule has 0 atom stereocenters. The van der Waals surface area contributed by atoms with Crippen molar-refractivity contribution < 1.29 is 9.90 Å². The molecule has 0 bridgehead atoms. The summed E-state index contributed by atoms with van der Waals surface area (Å²) in [4.78, 5) is 29.9. The minimum absolute atomic E-state index is 0.0511. The first-order valence-corrected chi connectivity index (χ1v) is 10.9. The van der Waals surface area contributed by atoms with E-state index in [-0.39, 0.29) is 11.5 Å². The van der Waals surface area contributed by atoms with E-state index < -0.39 is 5.60 Å². The molecule has 156 valence electrons. The Morgan fingerprint density at radius 2 is 1.93 bits per heavy atom. The molecule has 1 aliphatic carbocycles. The zero-order valence-electron chi connectivity index (χ0n) is 17.0. The molecule has 1 saturated carbocycles. The van der Waals surface area contributed by atoms with Crippen molar-refractivity contribution in [3.05, 3.63) is 45.9 Å². The Morgan fingerprint density at radius 1 is 1.17 bits per heavy atom. The van der Waals surface area contributed by atoms with E-state index in [1.807, 2.05) is 29.2 Å². The maximum absolute atomic E-state index is 12.7. The SMILES string of the molecule is O=C(CCCNCC1(O)CCCCC1)N1CCc2[nH]c(=O)c3ccccc3c2C1. The van der Waals surface area contributed by atoms with Crippen molar-refractivity contribution >= 4 is 16.7 Å². The second-order valence-electron chi connectivity index (χ2n) is 8.59. The predicted octanol–water partition coefficient (Wildman–Crippen LogP) is 2.48. The Bertz CT molecular complexity index is 931. The Balaban J connectivity index is 1.30. The molecular weight excluding hydrogens is 366 g/mol. The first kappa shape index (κ1) is 20.1. The van der Waals surface area contributed by atoms with Gasteiger partial charge < -0.3 is 20.3 Å². The summed E-state index contributed by atoms with van der Waals surface area (Å²) in [5, 5.41) is 15.5. The fraction of sp³-hybridized carbons (Fsp3) is 0.565. The second-order valence-corrected chi connectivity index (χ2v) is 8.59. The second kappa shape index (κ2) is 8.67. The number of carbonyl (C=O) groups excluding carboxylic acids is 1. The number of benzene rings is 1. The normalized spacial score (nSPS) is 18.6. The lowest BCUT2D eigenvalue weighted by atomic mass is 9.85. The van der Waals surface area contributed by atoms with Crippen molar-refractivity contribution in [2.75, 3.05) is 19.6 Å².